The van der Waals surface area contributed by atoms with Crippen molar-refractivity contribution < 1.29 is 70.2 Å². The number of ether oxygens (including phenoxy) is 4. The van der Waals surface area contributed by atoms with Crippen molar-refractivity contribution in [1.29, 1.82) is 5.41 Å². The summed E-state index contributed by atoms with van der Waals surface area (Å²) in [7, 11) is 0. The summed E-state index contributed by atoms with van der Waals surface area (Å²) in [5.41, 5.74) is 11.5. The van der Waals surface area contributed by atoms with Crippen LogP contribution >= 0.6 is 0 Å². The Bertz CT molecular complexity index is 3260. The molecule has 4 aliphatic rings. The highest BCUT2D eigenvalue weighted by molar-refractivity contribution is 5.96. The van der Waals surface area contributed by atoms with Crippen molar-refractivity contribution in [2.75, 3.05) is 26.4 Å². The standard InChI is InChI=1S/C20H19F3N4.C15H13F3N2.C12H16O.C11H14O2.C5H10O2.C5H10O.C4H8O3.H4N2/c1-19(10-11-19)13-27-25-18(24-26-27)17-5-3-2-4-15(17)12-14-6-8-16(9-7-14)20(21,22)23;16-15(17,18)12-7-5-10(6-8-12)9-11-3-1-2-4-13(11)14(19)20;1-2-12(8-9-12)13-10-11-6-4-3-5-7-11;12-9-11(6-7-11)13-8-10-4-2-1-3-5-10;1-3-5(6)7-4-2;1-2-5(6)3-4-5;1-2-7-4(6)3-5;1-2/h2-9H,10-13H2,1H3;1-8H,9H2,(H3,19,20);3-7H,2,8-10H2,1H3;1-5,12H,6-9H2;3-4H2,1-2H3;6H,2-4H2,1H3;5H,2-3H2,1H3;1-2H2. The summed E-state index contributed by atoms with van der Waals surface area (Å²) in [5, 5.41) is 46.3. The highest BCUT2D eigenvalue weighted by Crippen LogP contribution is 2.46. The Morgan fingerprint density at radius 2 is 1.01 bits per heavy atom. The van der Waals surface area contributed by atoms with Gasteiger partial charge in [-0.2, -0.15) is 31.1 Å². The number of alkyl halides is 6. The highest BCUT2D eigenvalue weighted by atomic mass is 19.4. The summed E-state index contributed by atoms with van der Waals surface area (Å²) in [6, 6.07) is 45.5. The number of hydrazine groups is 1. The molecule has 0 atom stereocenters. The second-order valence-electron chi connectivity index (χ2n) is 23.6. The third-order valence-electron chi connectivity index (χ3n) is 15.8. The molecule has 0 saturated heterocycles. The first-order valence-electron chi connectivity index (χ1n) is 31.8. The third kappa shape index (κ3) is 29.7. The van der Waals surface area contributed by atoms with E-state index in [-0.39, 0.29) is 40.6 Å². The number of hydrogen-bond acceptors (Lipinski definition) is 15. The van der Waals surface area contributed by atoms with Crippen molar-refractivity contribution in [1.82, 2.24) is 20.2 Å². The minimum absolute atomic E-state index is 0.0486. The molecule has 95 heavy (non-hydrogen) atoms. The number of nitrogens with one attached hydrogen (secondary N) is 1. The number of hydrogen-bond donors (Lipinski definition) is 7. The molecule has 7 aromatic rings. The van der Waals surface area contributed by atoms with Gasteiger partial charge in [-0.1, -0.05) is 161 Å². The van der Waals surface area contributed by atoms with Gasteiger partial charge in [0, 0.05) is 17.5 Å². The molecular formula is C72H94F6N8O9. The van der Waals surface area contributed by atoms with Crippen LogP contribution in [0.5, 0.6) is 0 Å². The second-order valence-corrected chi connectivity index (χ2v) is 23.6. The molecule has 23 heteroatoms. The number of carbonyl (C=O) groups is 2. The molecule has 0 radical (unpaired) electrons. The van der Waals surface area contributed by atoms with Crippen molar-refractivity contribution >= 4 is 17.8 Å². The molecule has 17 nitrogen and oxygen atoms in total. The number of carbonyl (C=O) groups excluding carboxylic acids is 2. The van der Waals surface area contributed by atoms with E-state index in [1.807, 2.05) is 79.7 Å². The van der Waals surface area contributed by atoms with Gasteiger partial charge in [0.15, 0.2) is 0 Å². The largest absolute Gasteiger partial charge is 0.466 e. The molecule has 4 saturated carbocycles. The summed E-state index contributed by atoms with van der Waals surface area (Å²) < 4.78 is 96.0. The van der Waals surface area contributed by atoms with Crippen molar-refractivity contribution in [2.24, 2.45) is 22.8 Å². The third-order valence-corrected chi connectivity index (χ3v) is 15.8. The van der Waals surface area contributed by atoms with E-state index in [1.165, 1.54) is 61.1 Å². The molecule has 10 N–H and O–H groups in total. The van der Waals surface area contributed by atoms with Gasteiger partial charge in [0.25, 0.3) is 0 Å². The number of amidine groups is 1. The quantitative estimate of drug-likeness (QED) is 0.00880. The fourth-order valence-electron chi connectivity index (χ4n) is 8.84. The van der Waals surface area contributed by atoms with Crippen molar-refractivity contribution in [3.05, 3.63) is 208 Å². The molecule has 0 bridgehead atoms. The zero-order chi connectivity index (χ0) is 70.1. The maximum Gasteiger partial charge on any atom is 0.416 e. The number of aliphatic hydroxyl groups is 3. The van der Waals surface area contributed by atoms with Crippen LogP contribution in [0.15, 0.2) is 158 Å². The first-order chi connectivity index (χ1) is 45.3. The molecule has 6 aromatic carbocycles. The van der Waals surface area contributed by atoms with Crippen LogP contribution in [0, 0.1) is 10.8 Å². The van der Waals surface area contributed by atoms with E-state index in [0.717, 1.165) is 104 Å². The monoisotopic (exact) mass is 1330 g/mol. The number of esters is 2. The first kappa shape index (κ1) is 79.5. The number of benzene rings is 6. The number of nitrogens with zero attached hydrogens (tertiary/aromatic N) is 4. The maximum atomic E-state index is 12.7. The van der Waals surface area contributed by atoms with Crippen LogP contribution in [-0.4, -0.2) is 96.5 Å². The van der Waals surface area contributed by atoms with Crippen molar-refractivity contribution in [2.45, 2.75) is 174 Å². The Hall–Kier alpha value is -7.90. The fourth-order valence-corrected chi connectivity index (χ4v) is 8.84. The predicted octanol–water partition coefficient (Wildman–Crippen LogP) is 13.4. The van der Waals surface area contributed by atoms with E-state index < -0.39 is 36.1 Å². The Kier molecular flexibility index (Phi) is 32.8. The van der Waals surface area contributed by atoms with E-state index in [4.69, 9.17) is 35.9 Å². The normalized spacial score (nSPS) is 14.9. The summed E-state index contributed by atoms with van der Waals surface area (Å²) in [6.07, 6.45) is 3.76. The lowest BCUT2D eigenvalue weighted by atomic mass is 9.98. The Labute approximate surface area is 553 Å². The van der Waals surface area contributed by atoms with E-state index in [2.05, 4.69) is 74.7 Å². The molecule has 518 valence electrons. The SMILES string of the molecule is CC1(Cn2nnc(-c3ccccc3Cc3ccc(C(F)(F)F)cc3)n2)CC1.CCC1(O)CC1.CCC1(OCc2ccccc2)CC1.CCOC(=O)CC.CCOC(=O)CO.N=C(N)c1ccccc1Cc1ccc(C(F)(F)F)cc1.NN.OCC1(OCc2ccccc2)CC1. The van der Waals surface area contributed by atoms with Crippen LogP contribution in [0.1, 0.15) is 162 Å². The Balaban J connectivity index is 0.000000250. The molecular weight excluding hydrogens is 1230 g/mol. The molecule has 4 fully saturated rings. The number of halogens is 6. The lowest BCUT2D eigenvalue weighted by Gasteiger charge is -2.13. The summed E-state index contributed by atoms with van der Waals surface area (Å²) in [6.45, 7) is 14.3. The average molecular weight is 1330 g/mol. The minimum Gasteiger partial charge on any atom is -0.466 e. The van der Waals surface area contributed by atoms with Crippen LogP contribution in [0.4, 0.5) is 26.3 Å². The van der Waals surface area contributed by atoms with Crippen LogP contribution in [-0.2, 0) is 73.5 Å². The van der Waals surface area contributed by atoms with Gasteiger partial charge in [-0.3, -0.25) is 21.9 Å². The van der Waals surface area contributed by atoms with Crippen LogP contribution in [0.25, 0.3) is 11.4 Å². The summed E-state index contributed by atoms with van der Waals surface area (Å²) in [5.74, 6) is 7.80. The average Bonchev–Trinajstić information content (AvgIpc) is 1.72. The smallest absolute Gasteiger partial charge is 0.416 e. The molecule has 1 aromatic heterocycles. The van der Waals surface area contributed by atoms with Gasteiger partial charge < -0.3 is 40.0 Å². The molecule has 0 amide bonds. The molecule has 1 heterocycles. The van der Waals surface area contributed by atoms with Gasteiger partial charge in [0.05, 0.1) is 67.5 Å². The highest BCUT2D eigenvalue weighted by Gasteiger charge is 2.44. The molecule has 0 unspecified atom stereocenters. The van der Waals surface area contributed by atoms with Crippen LogP contribution in [0.3, 0.4) is 0 Å². The molecule has 11 rings (SSSR count). The predicted molar refractivity (Wildman–Crippen MR) is 354 cm³/mol. The van der Waals surface area contributed by atoms with E-state index in [9.17, 15) is 35.9 Å². The van der Waals surface area contributed by atoms with Gasteiger partial charge in [-0.05, 0) is 159 Å². The Morgan fingerprint density at radius 1 is 0.568 bits per heavy atom. The van der Waals surface area contributed by atoms with Gasteiger partial charge in [-0.15, -0.1) is 10.2 Å². The zero-order valence-corrected chi connectivity index (χ0v) is 55.2. The van der Waals surface area contributed by atoms with Crippen molar-refractivity contribution in [3.8, 4) is 11.4 Å². The van der Waals surface area contributed by atoms with E-state index in [0.29, 0.717) is 50.5 Å². The lowest BCUT2D eigenvalue weighted by Crippen LogP contribution is -2.18. The summed E-state index contributed by atoms with van der Waals surface area (Å²) in [4.78, 5) is 21.8. The molecule has 0 spiro atoms. The van der Waals surface area contributed by atoms with Gasteiger partial charge in [-0.25, -0.2) is 4.79 Å². The lowest BCUT2D eigenvalue weighted by molar-refractivity contribution is -0.146. The number of aromatic nitrogens is 4. The van der Waals surface area contributed by atoms with Crippen molar-refractivity contribution in [3.63, 3.8) is 0 Å². The topological polar surface area (TPSA) is 277 Å². The van der Waals surface area contributed by atoms with Crippen LogP contribution < -0.4 is 17.4 Å². The second kappa shape index (κ2) is 39.2. The Morgan fingerprint density at radius 3 is 1.38 bits per heavy atom. The maximum absolute atomic E-state index is 12.7. The number of nitrogen functional groups attached to an aromatic ring is 1. The molecule has 0 aliphatic heterocycles. The minimum atomic E-state index is -4.32. The van der Waals surface area contributed by atoms with Gasteiger partial charge in [0.2, 0.25) is 5.82 Å². The fraction of sp³-hybridized carbons (Fsp3) is 0.444. The van der Waals surface area contributed by atoms with Gasteiger partial charge >= 0.3 is 24.3 Å². The van der Waals surface area contributed by atoms with E-state index >= 15 is 0 Å². The number of rotatable bonds is 21. The first-order valence-corrected chi connectivity index (χ1v) is 31.8. The van der Waals surface area contributed by atoms with E-state index in [1.54, 1.807) is 37.7 Å². The van der Waals surface area contributed by atoms with Gasteiger partial charge in [0.1, 0.15) is 12.4 Å². The number of tetrazole rings is 1. The molecule has 4 aliphatic carbocycles. The zero-order valence-electron chi connectivity index (χ0n) is 55.2. The summed E-state index contributed by atoms with van der Waals surface area (Å²) >= 11 is 0. The number of nitrogens with two attached hydrogens (primary N) is 3. The van der Waals surface area contributed by atoms with Crippen LogP contribution in [0.2, 0.25) is 0 Å². The number of aliphatic hydroxyl groups excluding tert-OH is 2.